The number of hydrogen-bond acceptors (Lipinski definition) is 5. The predicted octanol–water partition coefficient (Wildman–Crippen LogP) is 1.61. The summed E-state index contributed by atoms with van der Waals surface area (Å²) in [4.78, 5) is 23.4. The molecular weight excluding hydrogens is 284 g/mol. The maximum absolute atomic E-state index is 12.0. The molecule has 3 atom stereocenters. The number of rotatable bonds is 7. The van der Waals surface area contributed by atoms with Gasteiger partial charge >= 0.3 is 6.09 Å². The summed E-state index contributed by atoms with van der Waals surface area (Å²) in [5, 5.41) is 15.6. The van der Waals surface area contributed by atoms with E-state index in [9.17, 15) is 14.7 Å². The zero-order valence-corrected chi connectivity index (χ0v) is 14.1. The highest BCUT2D eigenvalue weighted by atomic mass is 16.6. The quantitative estimate of drug-likeness (QED) is 0.621. The normalized spacial score (nSPS) is 25.0. The Morgan fingerprint density at radius 3 is 2.50 bits per heavy atom. The summed E-state index contributed by atoms with van der Waals surface area (Å²) < 4.78 is 5.13. The maximum atomic E-state index is 12.0. The molecule has 128 valence electrons. The van der Waals surface area contributed by atoms with Crippen molar-refractivity contribution in [2.75, 3.05) is 13.1 Å². The first-order valence-electron chi connectivity index (χ1n) is 8.11. The molecule has 1 aliphatic rings. The highest BCUT2D eigenvalue weighted by Gasteiger charge is 2.35. The molecule has 0 bridgehead atoms. The topological polar surface area (TPSA) is 87.7 Å². The van der Waals surface area contributed by atoms with E-state index in [1.807, 2.05) is 27.7 Å². The van der Waals surface area contributed by atoms with Crippen LogP contribution in [0.1, 0.15) is 53.4 Å². The molecule has 1 rings (SSSR count). The first kappa shape index (κ1) is 18.9. The van der Waals surface area contributed by atoms with Crippen LogP contribution >= 0.6 is 0 Å². The number of amides is 1. The van der Waals surface area contributed by atoms with Crippen LogP contribution in [0, 0.1) is 5.92 Å². The molecule has 1 aliphatic heterocycles. The van der Waals surface area contributed by atoms with Gasteiger partial charge in [-0.1, -0.05) is 13.3 Å². The highest BCUT2D eigenvalue weighted by molar-refractivity contribution is 5.85. The van der Waals surface area contributed by atoms with Crippen molar-refractivity contribution in [3.8, 4) is 0 Å². The van der Waals surface area contributed by atoms with Gasteiger partial charge in [0.1, 0.15) is 5.60 Å². The summed E-state index contributed by atoms with van der Waals surface area (Å²) in [5.41, 5.74) is -0.483. The Labute approximate surface area is 133 Å². The van der Waals surface area contributed by atoms with Gasteiger partial charge in [-0.3, -0.25) is 4.79 Å². The third-order valence-corrected chi connectivity index (χ3v) is 3.70. The first-order valence-corrected chi connectivity index (χ1v) is 8.11. The summed E-state index contributed by atoms with van der Waals surface area (Å²) in [5.74, 6) is 0.212. The number of nitrogens with one attached hydrogen (secondary N) is 2. The van der Waals surface area contributed by atoms with E-state index in [2.05, 4.69) is 10.6 Å². The van der Waals surface area contributed by atoms with Gasteiger partial charge in [-0.15, -0.1) is 0 Å². The van der Waals surface area contributed by atoms with Crippen molar-refractivity contribution < 1.29 is 19.4 Å². The van der Waals surface area contributed by atoms with Crippen LogP contribution in [0.3, 0.4) is 0 Å². The summed E-state index contributed by atoms with van der Waals surface area (Å²) in [6.07, 6.45) is 1.93. The number of hydrogen-bond donors (Lipinski definition) is 3. The van der Waals surface area contributed by atoms with Crippen LogP contribution in [0.4, 0.5) is 4.79 Å². The molecule has 6 nitrogen and oxygen atoms in total. The lowest BCUT2D eigenvalue weighted by Crippen LogP contribution is -2.39. The highest BCUT2D eigenvalue weighted by Crippen LogP contribution is 2.17. The van der Waals surface area contributed by atoms with Crippen LogP contribution in [0.15, 0.2) is 0 Å². The molecule has 1 amide bonds. The molecule has 0 radical (unpaired) electrons. The number of carbonyl (C=O) groups is 2. The number of alkyl carbamates (subject to hydrolysis) is 1. The molecular formula is C16H30N2O4. The van der Waals surface area contributed by atoms with Crippen LogP contribution in [0.2, 0.25) is 0 Å². The molecule has 0 spiro atoms. The van der Waals surface area contributed by atoms with E-state index in [1.54, 1.807) is 0 Å². The number of ketones is 1. The first-order chi connectivity index (χ1) is 10.2. The van der Waals surface area contributed by atoms with Gasteiger partial charge in [0.2, 0.25) is 0 Å². The number of unbranched alkanes of at least 4 members (excludes halogenated alkanes) is 2. The van der Waals surface area contributed by atoms with Gasteiger partial charge in [-0.05, 0) is 39.5 Å². The van der Waals surface area contributed by atoms with E-state index in [0.717, 1.165) is 19.3 Å². The summed E-state index contributed by atoms with van der Waals surface area (Å²) in [7, 11) is 0. The SMILES string of the molecule is CC1CN[C@H](C(=O)CCCCCNC(=O)OC(C)(C)C)C1O. The summed E-state index contributed by atoms with van der Waals surface area (Å²) in [6.45, 7) is 8.65. The van der Waals surface area contributed by atoms with Gasteiger partial charge in [0.05, 0.1) is 12.1 Å². The van der Waals surface area contributed by atoms with Crippen molar-refractivity contribution in [3.63, 3.8) is 0 Å². The smallest absolute Gasteiger partial charge is 0.407 e. The van der Waals surface area contributed by atoms with Gasteiger partial charge in [-0.25, -0.2) is 4.79 Å². The van der Waals surface area contributed by atoms with E-state index in [1.165, 1.54) is 0 Å². The van der Waals surface area contributed by atoms with E-state index in [0.29, 0.717) is 19.5 Å². The number of aliphatic hydroxyl groups is 1. The molecule has 2 unspecified atom stereocenters. The van der Waals surface area contributed by atoms with Gasteiger partial charge in [0.25, 0.3) is 0 Å². The molecule has 0 aromatic carbocycles. The van der Waals surface area contributed by atoms with Crippen LogP contribution in [0.25, 0.3) is 0 Å². The minimum atomic E-state index is -0.568. The zero-order chi connectivity index (χ0) is 16.8. The van der Waals surface area contributed by atoms with Crippen molar-refractivity contribution in [1.82, 2.24) is 10.6 Å². The van der Waals surface area contributed by atoms with Crippen molar-refractivity contribution >= 4 is 11.9 Å². The van der Waals surface area contributed by atoms with E-state index < -0.39 is 23.8 Å². The Kier molecular flexibility index (Phi) is 7.29. The van der Waals surface area contributed by atoms with Gasteiger partial charge < -0.3 is 20.5 Å². The summed E-state index contributed by atoms with van der Waals surface area (Å²) >= 11 is 0. The molecule has 0 aromatic heterocycles. The van der Waals surface area contributed by atoms with Crippen molar-refractivity contribution in [2.45, 2.75) is 71.1 Å². The standard InChI is InChI=1S/C16H30N2O4/c1-11-10-18-13(14(11)20)12(19)8-6-5-7-9-17-15(21)22-16(2,3)4/h11,13-14,18,20H,5-10H2,1-4H3,(H,17,21)/t11?,13-,14?/m1/s1. The Balaban J connectivity index is 2.06. The Morgan fingerprint density at radius 1 is 1.27 bits per heavy atom. The lowest BCUT2D eigenvalue weighted by Gasteiger charge is -2.19. The van der Waals surface area contributed by atoms with Gasteiger partial charge in [0, 0.05) is 19.5 Å². The van der Waals surface area contributed by atoms with E-state index >= 15 is 0 Å². The molecule has 6 heteroatoms. The number of aliphatic hydroxyl groups excluding tert-OH is 1. The Hall–Kier alpha value is -1.14. The molecule has 1 fully saturated rings. The van der Waals surface area contributed by atoms with Crippen molar-refractivity contribution in [3.05, 3.63) is 0 Å². The third-order valence-electron chi connectivity index (χ3n) is 3.70. The predicted molar refractivity (Wildman–Crippen MR) is 84.7 cm³/mol. The Morgan fingerprint density at radius 2 is 1.95 bits per heavy atom. The molecule has 22 heavy (non-hydrogen) atoms. The molecule has 1 heterocycles. The van der Waals surface area contributed by atoms with Crippen molar-refractivity contribution in [2.24, 2.45) is 5.92 Å². The lowest BCUT2D eigenvalue weighted by molar-refractivity contribution is -0.123. The average molecular weight is 314 g/mol. The number of Topliss-reactive ketones (excluding diaryl/α,β-unsaturated/α-hetero) is 1. The van der Waals surface area contributed by atoms with Crippen LogP contribution in [0.5, 0.6) is 0 Å². The van der Waals surface area contributed by atoms with Gasteiger partial charge in [0.15, 0.2) is 5.78 Å². The monoisotopic (exact) mass is 314 g/mol. The van der Waals surface area contributed by atoms with Crippen LogP contribution < -0.4 is 10.6 Å². The molecule has 0 aromatic rings. The van der Waals surface area contributed by atoms with E-state index in [4.69, 9.17) is 4.74 Å². The second kappa shape index (κ2) is 8.48. The van der Waals surface area contributed by atoms with Crippen LogP contribution in [-0.4, -0.2) is 47.8 Å². The van der Waals surface area contributed by atoms with Crippen LogP contribution in [-0.2, 0) is 9.53 Å². The van der Waals surface area contributed by atoms with E-state index in [-0.39, 0.29) is 11.7 Å². The Bertz CT molecular complexity index is 379. The largest absolute Gasteiger partial charge is 0.444 e. The average Bonchev–Trinajstić information content (AvgIpc) is 2.72. The number of ether oxygens (including phenoxy) is 1. The fraction of sp³-hybridized carbons (Fsp3) is 0.875. The lowest BCUT2D eigenvalue weighted by atomic mass is 9.98. The molecule has 0 aliphatic carbocycles. The van der Waals surface area contributed by atoms with Crippen molar-refractivity contribution in [1.29, 1.82) is 0 Å². The molecule has 3 N–H and O–H groups in total. The second-order valence-corrected chi connectivity index (χ2v) is 7.06. The zero-order valence-electron chi connectivity index (χ0n) is 14.1. The molecule has 0 saturated carbocycles. The minimum Gasteiger partial charge on any atom is -0.444 e. The fourth-order valence-electron chi connectivity index (χ4n) is 2.45. The maximum Gasteiger partial charge on any atom is 0.407 e. The number of carbonyl (C=O) groups excluding carboxylic acids is 2. The fourth-order valence-corrected chi connectivity index (χ4v) is 2.45. The molecule has 1 saturated heterocycles. The minimum absolute atomic E-state index is 0.0805. The van der Waals surface area contributed by atoms with Gasteiger partial charge in [-0.2, -0.15) is 0 Å². The summed E-state index contributed by atoms with van der Waals surface area (Å²) in [6, 6.07) is -0.408. The second-order valence-electron chi connectivity index (χ2n) is 7.06. The third kappa shape index (κ3) is 6.75.